The Morgan fingerprint density at radius 2 is 2.25 bits per heavy atom. The summed E-state index contributed by atoms with van der Waals surface area (Å²) in [5.74, 6) is 0. The first-order valence-corrected chi connectivity index (χ1v) is 10.2. The maximum atomic E-state index is 6.13. The van der Waals surface area contributed by atoms with Gasteiger partial charge in [0.15, 0.2) is 0 Å². The normalized spacial score (nSPS) is 23.5. The molecule has 4 nitrogen and oxygen atoms in total. The van der Waals surface area contributed by atoms with E-state index in [0.29, 0.717) is 12.7 Å². The average molecular weight is 365 g/mol. The summed E-state index contributed by atoms with van der Waals surface area (Å²) < 4.78 is 12.2. The summed E-state index contributed by atoms with van der Waals surface area (Å²) in [6.07, 6.45) is 2.30. The molecule has 24 heavy (non-hydrogen) atoms. The van der Waals surface area contributed by atoms with Gasteiger partial charge in [0.25, 0.3) is 0 Å². The van der Waals surface area contributed by atoms with Crippen LogP contribution in [0.2, 0.25) is 0 Å². The van der Waals surface area contributed by atoms with E-state index in [1.54, 1.807) is 11.3 Å². The predicted octanol–water partition coefficient (Wildman–Crippen LogP) is 3.77. The summed E-state index contributed by atoms with van der Waals surface area (Å²) in [5, 5.41) is 3.20. The first-order valence-electron chi connectivity index (χ1n) is 8.54. The van der Waals surface area contributed by atoms with Gasteiger partial charge in [-0.25, -0.2) is 4.98 Å². The van der Waals surface area contributed by atoms with Gasteiger partial charge < -0.3 is 9.47 Å². The molecule has 1 spiro atoms. The van der Waals surface area contributed by atoms with Crippen LogP contribution < -0.4 is 0 Å². The number of aryl methyl sites for hydroxylation is 2. The highest BCUT2D eigenvalue weighted by atomic mass is 32.1. The second-order valence-electron chi connectivity index (χ2n) is 6.97. The van der Waals surface area contributed by atoms with E-state index in [4.69, 9.17) is 9.47 Å². The van der Waals surface area contributed by atoms with Gasteiger partial charge in [0.1, 0.15) is 0 Å². The topological polar surface area (TPSA) is 34.6 Å². The quantitative estimate of drug-likeness (QED) is 0.809. The molecule has 2 saturated heterocycles. The van der Waals surface area contributed by atoms with E-state index < -0.39 is 0 Å². The molecule has 0 radical (unpaired) electrons. The summed E-state index contributed by atoms with van der Waals surface area (Å²) in [6.45, 7) is 8.75. The zero-order valence-corrected chi connectivity index (χ0v) is 15.9. The van der Waals surface area contributed by atoms with Crippen LogP contribution in [0.1, 0.15) is 33.3 Å². The minimum atomic E-state index is 0.0210. The van der Waals surface area contributed by atoms with E-state index in [-0.39, 0.29) is 5.60 Å². The van der Waals surface area contributed by atoms with Gasteiger partial charge in [-0.05, 0) is 32.4 Å². The summed E-state index contributed by atoms with van der Waals surface area (Å²) >= 11 is 3.58. The Balaban J connectivity index is 1.26. The van der Waals surface area contributed by atoms with E-state index in [0.717, 1.165) is 49.8 Å². The molecule has 6 heteroatoms. The van der Waals surface area contributed by atoms with E-state index in [9.17, 15) is 0 Å². The molecule has 2 aromatic heterocycles. The van der Waals surface area contributed by atoms with Gasteiger partial charge in [-0.3, -0.25) is 4.90 Å². The van der Waals surface area contributed by atoms with Crippen molar-refractivity contribution >= 4 is 22.7 Å². The molecule has 2 aliphatic heterocycles. The van der Waals surface area contributed by atoms with Gasteiger partial charge in [0, 0.05) is 47.8 Å². The number of aromatic nitrogens is 1. The van der Waals surface area contributed by atoms with Crippen molar-refractivity contribution in [3.8, 4) is 0 Å². The highest BCUT2D eigenvalue weighted by Crippen LogP contribution is 2.36. The molecule has 2 aliphatic rings. The standard InChI is InChI=1S/C18H24N2O2S2/c1-13-3-4-17(24-13)8-20-11-18(12-20)7-16(5-6-22-18)21-9-15-10-23-14(2)19-15/h3-4,10,16H,5-9,11-12H2,1-2H3. The van der Waals surface area contributed by atoms with Crippen LogP contribution in [0.5, 0.6) is 0 Å². The van der Waals surface area contributed by atoms with Crippen LogP contribution in [0.25, 0.3) is 0 Å². The molecule has 0 amide bonds. The third-order valence-electron chi connectivity index (χ3n) is 4.78. The molecule has 130 valence electrons. The smallest absolute Gasteiger partial charge is 0.0959 e. The Kier molecular flexibility index (Phi) is 4.75. The van der Waals surface area contributed by atoms with Crippen molar-refractivity contribution in [3.05, 3.63) is 38.0 Å². The van der Waals surface area contributed by atoms with Crippen LogP contribution in [0.15, 0.2) is 17.5 Å². The molecule has 1 unspecified atom stereocenters. The third kappa shape index (κ3) is 3.73. The molecule has 4 rings (SSSR count). The molecule has 2 aromatic rings. The number of rotatable bonds is 5. The molecule has 0 aromatic carbocycles. The summed E-state index contributed by atoms with van der Waals surface area (Å²) in [7, 11) is 0. The maximum absolute atomic E-state index is 6.13. The summed E-state index contributed by atoms with van der Waals surface area (Å²) in [5.41, 5.74) is 1.08. The Morgan fingerprint density at radius 3 is 2.96 bits per heavy atom. The summed E-state index contributed by atoms with van der Waals surface area (Å²) in [4.78, 5) is 9.80. The molecular formula is C18H24N2O2S2. The first kappa shape index (κ1) is 16.7. The van der Waals surface area contributed by atoms with Crippen LogP contribution in [0, 0.1) is 13.8 Å². The fourth-order valence-electron chi connectivity index (χ4n) is 3.69. The number of thiophene rings is 1. The molecule has 0 saturated carbocycles. The fraction of sp³-hybridized carbons (Fsp3) is 0.611. The average Bonchev–Trinajstić information content (AvgIpc) is 3.13. The van der Waals surface area contributed by atoms with Crippen molar-refractivity contribution in [1.29, 1.82) is 0 Å². The van der Waals surface area contributed by atoms with Gasteiger partial charge in [0.05, 0.1) is 29.0 Å². The lowest BCUT2D eigenvalue weighted by molar-refractivity contribution is -0.200. The Hall–Kier alpha value is -0.790. The van der Waals surface area contributed by atoms with Gasteiger partial charge in [-0.2, -0.15) is 0 Å². The predicted molar refractivity (Wildman–Crippen MR) is 97.7 cm³/mol. The Labute approximate surface area is 151 Å². The monoisotopic (exact) mass is 364 g/mol. The summed E-state index contributed by atoms with van der Waals surface area (Å²) in [6, 6.07) is 4.45. The van der Waals surface area contributed by atoms with E-state index in [1.807, 2.05) is 18.3 Å². The second kappa shape index (κ2) is 6.84. The highest BCUT2D eigenvalue weighted by Gasteiger charge is 2.47. The first-order chi connectivity index (χ1) is 11.6. The largest absolute Gasteiger partial charge is 0.372 e. The molecule has 0 N–H and O–H groups in total. The number of thiazole rings is 1. The van der Waals surface area contributed by atoms with Crippen molar-refractivity contribution in [1.82, 2.24) is 9.88 Å². The zero-order chi connectivity index (χ0) is 16.6. The van der Waals surface area contributed by atoms with Crippen molar-refractivity contribution < 1.29 is 9.47 Å². The van der Waals surface area contributed by atoms with Crippen molar-refractivity contribution in [2.75, 3.05) is 19.7 Å². The van der Waals surface area contributed by atoms with Crippen molar-refractivity contribution in [2.45, 2.75) is 51.5 Å². The third-order valence-corrected chi connectivity index (χ3v) is 6.59. The van der Waals surface area contributed by atoms with Gasteiger partial charge in [-0.1, -0.05) is 0 Å². The fourth-order valence-corrected chi connectivity index (χ4v) is 5.22. The van der Waals surface area contributed by atoms with Crippen molar-refractivity contribution in [3.63, 3.8) is 0 Å². The number of nitrogens with zero attached hydrogens (tertiary/aromatic N) is 2. The maximum Gasteiger partial charge on any atom is 0.0959 e. The molecule has 2 fully saturated rings. The van der Waals surface area contributed by atoms with Gasteiger partial charge in [-0.15, -0.1) is 22.7 Å². The number of hydrogen-bond acceptors (Lipinski definition) is 6. The molecule has 1 atom stereocenters. The Bertz CT molecular complexity index is 691. The Morgan fingerprint density at radius 1 is 1.38 bits per heavy atom. The van der Waals surface area contributed by atoms with Crippen molar-refractivity contribution in [2.24, 2.45) is 0 Å². The lowest BCUT2D eigenvalue weighted by Gasteiger charge is -2.53. The number of likely N-dealkylation sites (tertiary alicyclic amines) is 1. The van der Waals surface area contributed by atoms with Gasteiger partial charge in [0.2, 0.25) is 0 Å². The van der Waals surface area contributed by atoms with Crippen LogP contribution in [-0.2, 0) is 22.6 Å². The van der Waals surface area contributed by atoms with Crippen LogP contribution in [0.3, 0.4) is 0 Å². The van der Waals surface area contributed by atoms with Crippen LogP contribution in [-0.4, -0.2) is 41.3 Å². The van der Waals surface area contributed by atoms with Gasteiger partial charge >= 0.3 is 0 Å². The zero-order valence-electron chi connectivity index (χ0n) is 14.3. The lowest BCUT2D eigenvalue weighted by atomic mass is 9.84. The molecule has 4 heterocycles. The number of ether oxygens (including phenoxy) is 2. The second-order valence-corrected chi connectivity index (χ2v) is 9.41. The van der Waals surface area contributed by atoms with E-state index in [1.165, 1.54) is 9.75 Å². The molecule has 0 bridgehead atoms. The minimum Gasteiger partial charge on any atom is -0.372 e. The minimum absolute atomic E-state index is 0.0210. The lowest BCUT2D eigenvalue weighted by Crippen LogP contribution is -2.65. The van der Waals surface area contributed by atoms with E-state index in [2.05, 4.69) is 34.3 Å². The molecular weight excluding hydrogens is 340 g/mol. The van der Waals surface area contributed by atoms with E-state index >= 15 is 0 Å². The molecule has 0 aliphatic carbocycles. The van der Waals surface area contributed by atoms with Crippen LogP contribution in [0.4, 0.5) is 0 Å². The SMILES string of the molecule is Cc1ccc(CN2CC3(CC(OCc4csc(C)n4)CCO3)C2)s1. The highest BCUT2D eigenvalue weighted by molar-refractivity contribution is 7.11. The van der Waals surface area contributed by atoms with Crippen LogP contribution >= 0.6 is 22.7 Å². The number of hydrogen-bond donors (Lipinski definition) is 0.